The third-order valence-corrected chi connectivity index (χ3v) is 6.43. The minimum Gasteiger partial charge on any atom is -0.337 e. The van der Waals surface area contributed by atoms with Crippen molar-refractivity contribution in [2.75, 3.05) is 26.2 Å². The van der Waals surface area contributed by atoms with Crippen LogP contribution >= 0.6 is 0 Å². The summed E-state index contributed by atoms with van der Waals surface area (Å²) in [6.07, 6.45) is -3.53. The summed E-state index contributed by atoms with van der Waals surface area (Å²) in [7, 11) is -2.63. The third-order valence-electron chi connectivity index (χ3n) is 4.52. The predicted molar refractivity (Wildman–Crippen MR) is 93.9 cm³/mol. The first-order chi connectivity index (χ1) is 13.5. The van der Waals surface area contributed by atoms with Gasteiger partial charge >= 0.3 is 6.18 Å². The normalized spacial score (nSPS) is 16.7. The van der Waals surface area contributed by atoms with E-state index in [-0.39, 0.29) is 37.5 Å². The molecule has 1 saturated heterocycles. The fourth-order valence-electron chi connectivity index (χ4n) is 3.12. The lowest BCUT2D eigenvalue weighted by atomic mass is 10.2. The van der Waals surface area contributed by atoms with Crippen molar-refractivity contribution in [2.45, 2.75) is 17.5 Å². The van der Waals surface area contributed by atoms with Gasteiger partial charge in [0.15, 0.2) is 5.69 Å². The molecule has 3 rings (SSSR count). The number of rotatable bonds is 3. The summed E-state index contributed by atoms with van der Waals surface area (Å²) in [5.41, 5.74) is -1.85. The van der Waals surface area contributed by atoms with Gasteiger partial charge in [0.25, 0.3) is 5.91 Å². The Morgan fingerprint density at radius 3 is 2.34 bits per heavy atom. The molecule has 0 spiro atoms. The fourth-order valence-corrected chi connectivity index (χ4v) is 4.59. The van der Waals surface area contributed by atoms with E-state index in [1.54, 1.807) is 0 Å². The van der Waals surface area contributed by atoms with Crippen LogP contribution in [0.15, 0.2) is 35.4 Å². The lowest BCUT2D eigenvalue weighted by Crippen LogP contribution is -2.37. The lowest BCUT2D eigenvalue weighted by Gasteiger charge is -2.22. The van der Waals surface area contributed by atoms with Gasteiger partial charge in [-0.1, -0.05) is 0 Å². The van der Waals surface area contributed by atoms with E-state index in [0.717, 1.165) is 39.4 Å². The summed E-state index contributed by atoms with van der Waals surface area (Å²) in [6, 6.07) is 4.34. The zero-order valence-electron chi connectivity index (χ0n) is 15.4. The maximum atomic E-state index is 13.1. The highest BCUT2D eigenvalue weighted by molar-refractivity contribution is 7.89. The number of carbonyl (C=O) groups is 1. The van der Waals surface area contributed by atoms with Gasteiger partial charge in [0.1, 0.15) is 5.82 Å². The Hall–Kier alpha value is -2.47. The summed E-state index contributed by atoms with van der Waals surface area (Å²) in [5, 5.41) is 3.33. The van der Waals surface area contributed by atoms with Crippen molar-refractivity contribution in [1.29, 1.82) is 0 Å². The van der Waals surface area contributed by atoms with Crippen LogP contribution in [0.5, 0.6) is 0 Å². The molecule has 1 aliphatic heterocycles. The van der Waals surface area contributed by atoms with Gasteiger partial charge in [-0.2, -0.15) is 22.6 Å². The molecule has 12 heteroatoms. The highest BCUT2D eigenvalue weighted by Gasteiger charge is 2.40. The topological polar surface area (TPSA) is 75.5 Å². The van der Waals surface area contributed by atoms with Gasteiger partial charge in [0, 0.05) is 39.4 Å². The molecule has 0 unspecified atom stereocenters. The molecule has 158 valence electrons. The van der Waals surface area contributed by atoms with Crippen LogP contribution in [-0.2, 0) is 23.2 Å². The number of sulfonamides is 1. The number of hydrogen-bond acceptors (Lipinski definition) is 4. The molecule has 1 amide bonds. The van der Waals surface area contributed by atoms with E-state index in [2.05, 4.69) is 5.10 Å². The molecule has 0 bridgehead atoms. The van der Waals surface area contributed by atoms with Gasteiger partial charge < -0.3 is 4.90 Å². The minimum atomic E-state index is -4.78. The molecule has 0 radical (unpaired) electrons. The fraction of sp³-hybridized carbons (Fsp3) is 0.412. The number of alkyl halides is 3. The Kier molecular flexibility index (Phi) is 5.68. The molecule has 0 saturated carbocycles. The standard InChI is InChI=1S/C17H18F4N4O3S/c1-23-11-14(15(22-23)17(19,20)21)16(26)24-7-2-8-25(10-9-24)29(27,28)13-5-3-12(18)4-6-13/h3-6,11H,2,7-10H2,1H3. The number of hydrogen-bond donors (Lipinski definition) is 0. The highest BCUT2D eigenvalue weighted by atomic mass is 32.2. The average Bonchev–Trinajstić information content (AvgIpc) is 2.88. The quantitative estimate of drug-likeness (QED) is 0.694. The molecule has 1 aromatic heterocycles. The van der Waals surface area contributed by atoms with Crippen LogP contribution in [0.2, 0.25) is 0 Å². The van der Waals surface area contributed by atoms with Crippen molar-refractivity contribution in [2.24, 2.45) is 7.05 Å². The first kappa shape index (κ1) is 21.2. The molecule has 0 atom stereocenters. The van der Waals surface area contributed by atoms with Crippen LogP contribution < -0.4 is 0 Å². The zero-order chi connectivity index (χ0) is 21.4. The Morgan fingerprint density at radius 1 is 1.07 bits per heavy atom. The smallest absolute Gasteiger partial charge is 0.337 e. The first-order valence-electron chi connectivity index (χ1n) is 8.66. The number of nitrogens with zero attached hydrogens (tertiary/aromatic N) is 4. The van der Waals surface area contributed by atoms with Crippen LogP contribution in [-0.4, -0.2) is 59.5 Å². The lowest BCUT2D eigenvalue weighted by molar-refractivity contribution is -0.141. The van der Waals surface area contributed by atoms with Gasteiger partial charge in [-0.15, -0.1) is 0 Å². The summed E-state index contributed by atoms with van der Waals surface area (Å²) < 4.78 is 80.0. The summed E-state index contributed by atoms with van der Waals surface area (Å²) in [5.74, 6) is -1.43. The minimum absolute atomic E-state index is 0.0779. The van der Waals surface area contributed by atoms with E-state index in [1.165, 1.54) is 11.9 Å². The van der Waals surface area contributed by atoms with Gasteiger partial charge in [0.05, 0.1) is 10.5 Å². The molecule has 0 aliphatic carbocycles. The molecule has 2 aromatic rings. The zero-order valence-corrected chi connectivity index (χ0v) is 16.2. The van der Waals surface area contributed by atoms with Crippen molar-refractivity contribution < 1.29 is 30.8 Å². The van der Waals surface area contributed by atoms with E-state index in [9.17, 15) is 30.8 Å². The van der Waals surface area contributed by atoms with E-state index >= 15 is 0 Å². The van der Waals surface area contributed by atoms with Crippen LogP contribution in [0, 0.1) is 5.82 Å². The Labute approximate surface area is 164 Å². The Morgan fingerprint density at radius 2 is 1.72 bits per heavy atom. The summed E-state index contributed by atoms with van der Waals surface area (Å²) in [6.45, 7) is 0.0155. The second-order valence-electron chi connectivity index (χ2n) is 6.57. The van der Waals surface area contributed by atoms with Gasteiger partial charge in [-0.05, 0) is 30.7 Å². The SMILES string of the molecule is Cn1cc(C(=O)N2CCCN(S(=O)(=O)c3ccc(F)cc3)CC2)c(C(F)(F)F)n1. The molecule has 7 nitrogen and oxygen atoms in total. The second-order valence-corrected chi connectivity index (χ2v) is 8.50. The number of halogens is 4. The van der Waals surface area contributed by atoms with E-state index < -0.39 is 39.2 Å². The molecular formula is C17H18F4N4O3S. The maximum absolute atomic E-state index is 13.1. The van der Waals surface area contributed by atoms with E-state index in [0.29, 0.717) is 0 Å². The largest absolute Gasteiger partial charge is 0.435 e. The second kappa shape index (κ2) is 7.75. The molecule has 1 fully saturated rings. The Balaban J connectivity index is 1.78. The molecule has 0 N–H and O–H groups in total. The number of amides is 1. The molecular weight excluding hydrogens is 416 g/mol. The average molecular weight is 434 g/mol. The van der Waals surface area contributed by atoms with E-state index in [4.69, 9.17) is 0 Å². The first-order valence-corrected chi connectivity index (χ1v) is 10.1. The van der Waals surface area contributed by atoms with Gasteiger partial charge in [0.2, 0.25) is 10.0 Å². The molecule has 2 heterocycles. The van der Waals surface area contributed by atoms with Crippen LogP contribution in [0.25, 0.3) is 0 Å². The Bertz CT molecular complexity index is 1000. The number of aromatic nitrogens is 2. The third kappa shape index (κ3) is 4.42. The molecule has 1 aromatic carbocycles. The highest BCUT2D eigenvalue weighted by Crippen LogP contribution is 2.31. The van der Waals surface area contributed by atoms with Crippen LogP contribution in [0.3, 0.4) is 0 Å². The molecule has 29 heavy (non-hydrogen) atoms. The van der Waals surface area contributed by atoms with Crippen molar-refractivity contribution in [3.8, 4) is 0 Å². The number of aryl methyl sites for hydroxylation is 1. The van der Waals surface area contributed by atoms with Crippen LogP contribution in [0.1, 0.15) is 22.5 Å². The van der Waals surface area contributed by atoms with Crippen molar-refractivity contribution in [1.82, 2.24) is 19.0 Å². The predicted octanol–water partition coefficient (Wildman–Crippen LogP) is 2.11. The van der Waals surface area contributed by atoms with E-state index in [1.807, 2.05) is 0 Å². The van der Waals surface area contributed by atoms with Crippen molar-refractivity contribution in [3.05, 3.63) is 47.5 Å². The maximum Gasteiger partial charge on any atom is 0.435 e. The van der Waals surface area contributed by atoms with Crippen molar-refractivity contribution in [3.63, 3.8) is 0 Å². The summed E-state index contributed by atoms with van der Waals surface area (Å²) >= 11 is 0. The number of benzene rings is 1. The summed E-state index contributed by atoms with van der Waals surface area (Å²) in [4.78, 5) is 13.8. The van der Waals surface area contributed by atoms with Gasteiger partial charge in [-0.3, -0.25) is 9.48 Å². The number of carbonyl (C=O) groups excluding carboxylic acids is 1. The van der Waals surface area contributed by atoms with Crippen LogP contribution in [0.4, 0.5) is 17.6 Å². The van der Waals surface area contributed by atoms with Gasteiger partial charge in [-0.25, -0.2) is 12.8 Å². The molecule has 1 aliphatic rings. The van der Waals surface area contributed by atoms with Crippen molar-refractivity contribution >= 4 is 15.9 Å². The monoisotopic (exact) mass is 434 g/mol.